The van der Waals surface area contributed by atoms with Crippen molar-refractivity contribution in [1.82, 2.24) is 5.32 Å². The number of hydrogen-bond acceptors (Lipinski definition) is 2. The van der Waals surface area contributed by atoms with Gasteiger partial charge in [0, 0.05) is 17.0 Å². The Bertz CT molecular complexity index is 394. The summed E-state index contributed by atoms with van der Waals surface area (Å²) < 4.78 is 0.907. The van der Waals surface area contributed by atoms with Crippen LogP contribution in [0.5, 0.6) is 0 Å². The van der Waals surface area contributed by atoms with Gasteiger partial charge in [0.2, 0.25) is 0 Å². The first kappa shape index (κ1) is 18.0. The molecule has 0 saturated carbocycles. The predicted molar refractivity (Wildman–Crippen MR) is 93.0 cm³/mol. The van der Waals surface area contributed by atoms with Crippen LogP contribution >= 0.6 is 22.9 Å². The predicted octanol–water partition coefficient (Wildman–Crippen LogP) is 5.92. The van der Waals surface area contributed by atoms with Gasteiger partial charge in [-0.15, -0.1) is 11.3 Å². The molecule has 1 nitrogen and oxygen atoms in total. The molecule has 1 aromatic heterocycles. The lowest BCUT2D eigenvalue weighted by atomic mass is 9.76. The van der Waals surface area contributed by atoms with Crippen LogP contribution in [0.15, 0.2) is 12.1 Å². The largest absolute Gasteiger partial charge is 0.312 e. The fraction of sp³-hybridized carbons (Fsp3) is 0.765. The average molecular weight is 316 g/mol. The summed E-state index contributed by atoms with van der Waals surface area (Å²) in [6.07, 6.45) is 6.22. The van der Waals surface area contributed by atoms with Crippen molar-refractivity contribution in [2.45, 2.75) is 72.3 Å². The van der Waals surface area contributed by atoms with Gasteiger partial charge < -0.3 is 5.32 Å². The number of thiophene rings is 1. The number of halogens is 1. The first-order valence-electron chi connectivity index (χ1n) is 7.79. The van der Waals surface area contributed by atoms with E-state index in [1.807, 2.05) is 6.07 Å². The molecule has 1 aromatic rings. The molecule has 0 aliphatic rings. The molecule has 3 heteroatoms. The van der Waals surface area contributed by atoms with E-state index in [4.69, 9.17) is 11.6 Å². The molecule has 0 aliphatic carbocycles. The number of rotatable bonds is 8. The molecule has 0 bridgehead atoms. The summed E-state index contributed by atoms with van der Waals surface area (Å²) in [5.41, 5.74) is 0.539. The van der Waals surface area contributed by atoms with Crippen LogP contribution in [-0.2, 0) is 6.42 Å². The summed E-state index contributed by atoms with van der Waals surface area (Å²) in [4.78, 5) is 1.42. The standard InChI is InChI=1S/C17H30ClNS/c1-6-8-11-17(7-2,13-19-16(3,4)5)12-14-9-10-15(18)20-14/h9-10,19H,6-8,11-13H2,1-5H3. The fourth-order valence-corrected chi connectivity index (χ4v) is 3.75. The van der Waals surface area contributed by atoms with Gasteiger partial charge in [-0.05, 0) is 57.6 Å². The third-order valence-electron chi connectivity index (χ3n) is 3.98. The highest BCUT2D eigenvalue weighted by Crippen LogP contribution is 2.36. The Balaban J connectivity index is 2.80. The zero-order chi connectivity index (χ0) is 15.2. The highest BCUT2D eigenvalue weighted by Gasteiger charge is 2.29. The van der Waals surface area contributed by atoms with Crippen LogP contribution in [0.2, 0.25) is 4.34 Å². The summed E-state index contributed by atoms with van der Waals surface area (Å²) >= 11 is 7.82. The van der Waals surface area contributed by atoms with Crippen molar-refractivity contribution < 1.29 is 0 Å². The fourth-order valence-electron chi connectivity index (χ4n) is 2.49. The molecule has 1 heterocycles. The van der Waals surface area contributed by atoms with Crippen LogP contribution in [0, 0.1) is 5.41 Å². The zero-order valence-corrected chi connectivity index (χ0v) is 15.3. The Hall–Kier alpha value is -0.0500. The van der Waals surface area contributed by atoms with E-state index in [1.165, 1.54) is 30.6 Å². The van der Waals surface area contributed by atoms with Crippen molar-refractivity contribution in [2.24, 2.45) is 5.41 Å². The van der Waals surface area contributed by atoms with Crippen LogP contribution < -0.4 is 5.32 Å². The molecule has 0 aliphatic heterocycles. The van der Waals surface area contributed by atoms with Crippen molar-refractivity contribution in [3.63, 3.8) is 0 Å². The van der Waals surface area contributed by atoms with Crippen molar-refractivity contribution >= 4 is 22.9 Å². The maximum Gasteiger partial charge on any atom is 0.0931 e. The Morgan fingerprint density at radius 1 is 1.20 bits per heavy atom. The van der Waals surface area contributed by atoms with Crippen LogP contribution in [0.3, 0.4) is 0 Å². The monoisotopic (exact) mass is 315 g/mol. The van der Waals surface area contributed by atoms with Gasteiger partial charge in [-0.1, -0.05) is 38.3 Å². The molecule has 0 amide bonds. The lowest BCUT2D eigenvalue weighted by molar-refractivity contribution is 0.207. The second-order valence-corrected chi connectivity index (χ2v) is 8.74. The van der Waals surface area contributed by atoms with Gasteiger partial charge in [0.25, 0.3) is 0 Å². The molecule has 1 atom stereocenters. The summed E-state index contributed by atoms with van der Waals surface area (Å²) in [7, 11) is 0. The van der Waals surface area contributed by atoms with Crippen LogP contribution in [-0.4, -0.2) is 12.1 Å². The van der Waals surface area contributed by atoms with Gasteiger partial charge in [-0.25, -0.2) is 0 Å². The summed E-state index contributed by atoms with van der Waals surface area (Å²) in [6, 6.07) is 4.22. The van der Waals surface area contributed by atoms with Crippen LogP contribution in [0.1, 0.15) is 65.2 Å². The third-order valence-corrected chi connectivity index (χ3v) is 5.21. The lowest BCUT2D eigenvalue weighted by Gasteiger charge is -2.36. The van der Waals surface area contributed by atoms with Crippen molar-refractivity contribution in [3.8, 4) is 0 Å². The first-order valence-corrected chi connectivity index (χ1v) is 8.99. The van der Waals surface area contributed by atoms with E-state index in [0.717, 1.165) is 17.3 Å². The Morgan fingerprint density at radius 3 is 2.35 bits per heavy atom. The normalized spacial score (nSPS) is 15.3. The lowest BCUT2D eigenvalue weighted by Crippen LogP contribution is -2.44. The average Bonchev–Trinajstić information content (AvgIpc) is 2.77. The zero-order valence-electron chi connectivity index (χ0n) is 13.7. The Kier molecular flexibility index (Phi) is 7.03. The second-order valence-electron chi connectivity index (χ2n) is 6.94. The molecule has 0 spiro atoms. The van der Waals surface area contributed by atoms with E-state index in [2.05, 4.69) is 46.0 Å². The smallest absolute Gasteiger partial charge is 0.0931 e. The SMILES string of the molecule is CCCCC(CC)(CNC(C)(C)C)Cc1ccc(Cl)s1. The summed E-state index contributed by atoms with van der Waals surface area (Å²) in [6.45, 7) is 12.4. The molecule has 0 radical (unpaired) electrons. The van der Waals surface area contributed by atoms with Gasteiger partial charge in [0.1, 0.15) is 0 Å². The molecule has 0 aromatic carbocycles. The minimum absolute atomic E-state index is 0.180. The minimum atomic E-state index is 0.180. The quantitative estimate of drug-likeness (QED) is 0.628. The van der Waals surface area contributed by atoms with Gasteiger partial charge in [0.05, 0.1) is 4.34 Å². The van der Waals surface area contributed by atoms with Crippen molar-refractivity contribution in [3.05, 3.63) is 21.3 Å². The minimum Gasteiger partial charge on any atom is -0.312 e. The topological polar surface area (TPSA) is 12.0 Å². The first-order chi connectivity index (χ1) is 9.30. The van der Waals surface area contributed by atoms with E-state index in [-0.39, 0.29) is 5.54 Å². The van der Waals surface area contributed by atoms with E-state index in [1.54, 1.807) is 11.3 Å². The highest BCUT2D eigenvalue weighted by molar-refractivity contribution is 7.16. The maximum atomic E-state index is 6.09. The molecular weight excluding hydrogens is 286 g/mol. The second kappa shape index (κ2) is 7.82. The van der Waals surface area contributed by atoms with Gasteiger partial charge >= 0.3 is 0 Å². The van der Waals surface area contributed by atoms with Gasteiger partial charge in [0.15, 0.2) is 0 Å². The van der Waals surface area contributed by atoms with Gasteiger partial charge in [-0.2, -0.15) is 0 Å². The van der Waals surface area contributed by atoms with Crippen LogP contribution in [0.25, 0.3) is 0 Å². The molecule has 116 valence electrons. The molecule has 0 saturated heterocycles. The third kappa shape index (κ3) is 6.15. The maximum absolute atomic E-state index is 6.09. The van der Waals surface area contributed by atoms with Gasteiger partial charge in [-0.3, -0.25) is 0 Å². The molecule has 0 fully saturated rings. The molecular formula is C17H30ClNS. The number of nitrogens with one attached hydrogen (secondary N) is 1. The Morgan fingerprint density at radius 2 is 1.90 bits per heavy atom. The molecule has 1 rings (SSSR count). The van der Waals surface area contributed by atoms with Crippen LogP contribution in [0.4, 0.5) is 0 Å². The molecule has 1 N–H and O–H groups in total. The number of unbranched alkanes of at least 4 members (excludes halogenated alkanes) is 1. The van der Waals surface area contributed by atoms with E-state index >= 15 is 0 Å². The number of hydrogen-bond donors (Lipinski definition) is 1. The molecule has 20 heavy (non-hydrogen) atoms. The van der Waals surface area contributed by atoms with E-state index in [0.29, 0.717) is 5.41 Å². The highest BCUT2D eigenvalue weighted by atomic mass is 35.5. The van der Waals surface area contributed by atoms with Crippen molar-refractivity contribution in [1.29, 1.82) is 0 Å². The summed E-state index contributed by atoms with van der Waals surface area (Å²) in [5.74, 6) is 0. The van der Waals surface area contributed by atoms with E-state index < -0.39 is 0 Å². The van der Waals surface area contributed by atoms with Crippen molar-refractivity contribution in [2.75, 3.05) is 6.54 Å². The Labute approximate surface area is 134 Å². The van der Waals surface area contributed by atoms with E-state index in [9.17, 15) is 0 Å². The summed E-state index contributed by atoms with van der Waals surface area (Å²) in [5, 5.41) is 3.72. The molecule has 1 unspecified atom stereocenters.